The fourth-order valence-corrected chi connectivity index (χ4v) is 2.93. The summed E-state index contributed by atoms with van der Waals surface area (Å²) < 4.78 is 16.4. The number of hydrogen-bond acceptors (Lipinski definition) is 6. The van der Waals surface area contributed by atoms with Crippen LogP contribution in [0.5, 0.6) is 0 Å². The summed E-state index contributed by atoms with van der Waals surface area (Å²) in [6.07, 6.45) is 2.37. The van der Waals surface area contributed by atoms with E-state index in [0.29, 0.717) is 37.1 Å². The van der Waals surface area contributed by atoms with E-state index in [9.17, 15) is 4.79 Å². The van der Waals surface area contributed by atoms with Crippen LogP contribution in [0.15, 0.2) is 4.52 Å². The van der Waals surface area contributed by atoms with Gasteiger partial charge in [-0.2, -0.15) is 4.98 Å². The Labute approximate surface area is 136 Å². The minimum atomic E-state index is -0.458. The van der Waals surface area contributed by atoms with E-state index in [-0.39, 0.29) is 6.09 Å². The Kier molecular flexibility index (Phi) is 4.08. The van der Waals surface area contributed by atoms with Crippen molar-refractivity contribution in [3.63, 3.8) is 0 Å². The summed E-state index contributed by atoms with van der Waals surface area (Å²) in [7, 11) is 0. The number of hydrogen-bond donors (Lipinski definition) is 0. The number of carbonyl (C=O) groups excluding carboxylic acids is 1. The molecule has 1 atom stereocenters. The summed E-state index contributed by atoms with van der Waals surface area (Å²) in [5.41, 5.74) is -0.871. The van der Waals surface area contributed by atoms with Crippen LogP contribution in [-0.4, -0.2) is 46.4 Å². The molecule has 0 aromatic carbocycles. The Morgan fingerprint density at radius 1 is 1.43 bits per heavy atom. The summed E-state index contributed by atoms with van der Waals surface area (Å²) in [4.78, 5) is 18.1. The summed E-state index contributed by atoms with van der Waals surface area (Å²) >= 11 is 0. The van der Waals surface area contributed by atoms with Gasteiger partial charge in [0.05, 0.1) is 0 Å². The van der Waals surface area contributed by atoms with Crippen LogP contribution in [0.2, 0.25) is 0 Å². The Hall–Kier alpha value is -1.63. The molecule has 0 spiro atoms. The fraction of sp³-hybridized carbons (Fsp3) is 0.812. The molecule has 0 N–H and O–H groups in total. The maximum Gasteiger partial charge on any atom is 0.410 e. The van der Waals surface area contributed by atoms with Gasteiger partial charge in [0, 0.05) is 32.0 Å². The van der Waals surface area contributed by atoms with Crippen molar-refractivity contribution >= 4 is 6.09 Å². The molecule has 1 amide bonds. The van der Waals surface area contributed by atoms with E-state index in [2.05, 4.69) is 10.1 Å². The smallest absolute Gasteiger partial charge is 0.410 e. The third kappa shape index (κ3) is 3.65. The van der Waals surface area contributed by atoms with Crippen molar-refractivity contribution in [2.24, 2.45) is 5.92 Å². The summed E-state index contributed by atoms with van der Waals surface area (Å²) in [5.74, 6) is 1.59. The number of aromatic nitrogens is 2. The van der Waals surface area contributed by atoms with Gasteiger partial charge in [-0.1, -0.05) is 5.16 Å². The molecule has 2 aliphatic heterocycles. The Bertz CT molecular complexity index is 566. The Morgan fingerprint density at radius 2 is 2.17 bits per heavy atom. The van der Waals surface area contributed by atoms with Gasteiger partial charge in [-0.25, -0.2) is 4.79 Å². The summed E-state index contributed by atoms with van der Waals surface area (Å²) in [5, 5.41) is 4.07. The molecular formula is C16H25N3O4. The number of rotatable bonds is 3. The number of ether oxygens (including phenoxy) is 2. The lowest BCUT2D eigenvalue weighted by molar-refractivity contribution is -0.00189. The van der Waals surface area contributed by atoms with Crippen LogP contribution < -0.4 is 0 Å². The molecule has 2 aliphatic rings. The monoisotopic (exact) mass is 323 g/mol. The fourth-order valence-electron chi connectivity index (χ4n) is 2.93. The molecule has 3 rings (SSSR count). The van der Waals surface area contributed by atoms with E-state index in [1.165, 1.54) is 0 Å². The van der Waals surface area contributed by atoms with Gasteiger partial charge in [-0.3, -0.25) is 0 Å². The molecule has 3 heterocycles. The second-order valence-electron chi connectivity index (χ2n) is 7.65. The second kappa shape index (κ2) is 5.78. The van der Waals surface area contributed by atoms with Crippen molar-refractivity contribution in [3.8, 4) is 0 Å². The van der Waals surface area contributed by atoms with Crippen LogP contribution in [0.25, 0.3) is 0 Å². The number of likely N-dealkylation sites (tertiary alicyclic amines) is 1. The lowest BCUT2D eigenvalue weighted by Gasteiger charge is -2.39. The normalized spacial score (nSPS) is 25.5. The van der Waals surface area contributed by atoms with Gasteiger partial charge in [0.2, 0.25) is 11.7 Å². The zero-order valence-electron chi connectivity index (χ0n) is 14.3. The molecular weight excluding hydrogens is 298 g/mol. The third-order valence-electron chi connectivity index (χ3n) is 4.23. The van der Waals surface area contributed by atoms with Gasteiger partial charge in [0.15, 0.2) is 0 Å². The average Bonchev–Trinajstić information content (AvgIpc) is 3.00. The zero-order chi connectivity index (χ0) is 16.7. The lowest BCUT2D eigenvalue weighted by Crippen LogP contribution is -2.52. The van der Waals surface area contributed by atoms with Gasteiger partial charge in [0.1, 0.15) is 11.2 Å². The molecule has 2 fully saturated rings. The molecule has 2 saturated heterocycles. The topological polar surface area (TPSA) is 77.7 Å². The first-order valence-corrected chi connectivity index (χ1v) is 8.20. The number of nitrogens with zero attached hydrogens (tertiary/aromatic N) is 3. The SMILES string of the molecule is CC(C)(C)OC(=O)N1CC(Cc2nc(C3(C)CCCO3)no2)C1. The van der Waals surface area contributed by atoms with Gasteiger partial charge >= 0.3 is 6.09 Å². The largest absolute Gasteiger partial charge is 0.444 e. The molecule has 128 valence electrons. The van der Waals surface area contributed by atoms with Crippen LogP contribution in [-0.2, 0) is 21.5 Å². The van der Waals surface area contributed by atoms with Crippen molar-refractivity contribution in [2.75, 3.05) is 19.7 Å². The van der Waals surface area contributed by atoms with Crippen molar-refractivity contribution in [1.29, 1.82) is 0 Å². The minimum absolute atomic E-state index is 0.258. The van der Waals surface area contributed by atoms with Gasteiger partial charge in [0.25, 0.3) is 0 Å². The molecule has 0 radical (unpaired) electrons. The molecule has 7 heteroatoms. The molecule has 0 bridgehead atoms. The van der Waals surface area contributed by atoms with E-state index in [1.807, 2.05) is 27.7 Å². The van der Waals surface area contributed by atoms with Crippen molar-refractivity contribution in [1.82, 2.24) is 15.0 Å². The third-order valence-corrected chi connectivity index (χ3v) is 4.23. The number of amides is 1. The van der Waals surface area contributed by atoms with Crippen molar-refractivity contribution < 1.29 is 18.8 Å². The first-order valence-electron chi connectivity index (χ1n) is 8.20. The van der Waals surface area contributed by atoms with Crippen molar-refractivity contribution in [2.45, 2.75) is 58.2 Å². The van der Waals surface area contributed by atoms with E-state index in [0.717, 1.165) is 19.4 Å². The predicted octanol–water partition coefficient (Wildman–Crippen LogP) is 2.50. The second-order valence-corrected chi connectivity index (χ2v) is 7.65. The van der Waals surface area contributed by atoms with Crippen LogP contribution in [0.1, 0.15) is 52.3 Å². The van der Waals surface area contributed by atoms with Crippen LogP contribution in [0.4, 0.5) is 4.79 Å². The highest BCUT2D eigenvalue weighted by Crippen LogP contribution is 2.34. The van der Waals surface area contributed by atoms with E-state index >= 15 is 0 Å². The van der Waals surface area contributed by atoms with Gasteiger partial charge < -0.3 is 18.9 Å². The quantitative estimate of drug-likeness (QED) is 0.850. The minimum Gasteiger partial charge on any atom is -0.444 e. The molecule has 7 nitrogen and oxygen atoms in total. The summed E-state index contributed by atoms with van der Waals surface area (Å²) in [6.45, 7) is 9.69. The van der Waals surface area contributed by atoms with E-state index in [4.69, 9.17) is 14.0 Å². The van der Waals surface area contributed by atoms with Gasteiger partial charge in [-0.15, -0.1) is 0 Å². The highest BCUT2D eigenvalue weighted by Gasteiger charge is 2.38. The molecule has 1 aromatic heterocycles. The predicted molar refractivity (Wildman–Crippen MR) is 81.8 cm³/mol. The van der Waals surface area contributed by atoms with Crippen LogP contribution >= 0.6 is 0 Å². The van der Waals surface area contributed by atoms with Crippen molar-refractivity contribution in [3.05, 3.63) is 11.7 Å². The highest BCUT2D eigenvalue weighted by molar-refractivity contribution is 5.69. The first kappa shape index (κ1) is 16.2. The Balaban J connectivity index is 1.49. The molecule has 23 heavy (non-hydrogen) atoms. The van der Waals surface area contributed by atoms with E-state index < -0.39 is 11.2 Å². The molecule has 0 aliphatic carbocycles. The Morgan fingerprint density at radius 3 is 2.78 bits per heavy atom. The molecule has 0 saturated carbocycles. The average molecular weight is 323 g/mol. The maximum absolute atomic E-state index is 11.9. The summed E-state index contributed by atoms with van der Waals surface area (Å²) in [6, 6.07) is 0. The van der Waals surface area contributed by atoms with Gasteiger partial charge in [-0.05, 0) is 40.5 Å². The highest BCUT2D eigenvalue weighted by atomic mass is 16.6. The first-order chi connectivity index (χ1) is 10.8. The lowest BCUT2D eigenvalue weighted by atomic mass is 9.97. The number of carbonyl (C=O) groups is 1. The maximum atomic E-state index is 11.9. The zero-order valence-corrected chi connectivity index (χ0v) is 14.3. The van der Waals surface area contributed by atoms with Crippen LogP contribution in [0, 0.1) is 5.92 Å². The van der Waals surface area contributed by atoms with Crippen LogP contribution in [0.3, 0.4) is 0 Å². The molecule has 1 unspecified atom stereocenters. The molecule has 1 aromatic rings. The standard InChI is InChI=1S/C16H25N3O4/c1-15(2,3)22-14(20)19-9-11(10-19)8-12-17-13(18-23-12)16(4)6-5-7-21-16/h11H,5-10H2,1-4H3. The van der Waals surface area contributed by atoms with E-state index in [1.54, 1.807) is 4.90 Å².